The number of aliphatic hydroxyl groups excluding tert-OH is 2. The van der Waals surface area contributed by atoms with Crippen LogP contribution >= 0.6 is 11.3 Å². The second kappa shape index (κ2) is 15.4. The van der Waals surface area contributed by atoms with Gasteiger partial charge in [0, 0.05) is 46.8 Å². The van der Waals surface area contributed by atoms with Gasteiger partial charge in [-0.1, -0.05) is 19.9 Å². The van der Waals surface area contributed by atoms with E-state index in [4.69, 9.17) is 9.52 Å². The van der Waals surface area contributed by atoms with Crippen molar-refractivity contribution in [3.63, 3.8) is 0 Å². The minimum absolute atomic E-state index is 0.158. The highest BCUT2D eigenvalue weighted by atomic mass is 32.1. The normalized spacial score (nSPS) is 14.7. The van der Waals surface area contributed by atoms with Gasteiger partial charge in [-0.15, -0.1) is 11.3 Å². The Morgan fingerprint density at radius 1 is 1.26 bits per heavy atom. The number of oxazole rings is 1. The largest absolute Gasteiger partial charge is 0.440 e. The number of carbonyl (C=O) groups excluding carboxylic acids is 1. The molecule has 0 amide bonds. The molecule has 1 saturated heterocycles. The third-order valence-electron chi connectivity index (χ3n) is 5.43. The Balaban J connectivity index is 0.000000232. The van der Waals surface area contributed by atoms with Gasteiger partial charge in [-0.3, -0.25) is 9.69 Å². The molecule has 1 atom stereocenters. The average molecular weight is 544 g/mol. The first kappa shape index (κ1) is 31.2. The summed E-state index contributed by atoms with van der Waals surface area (Å²) in [7, 11) is 3.89. The number of carbonyl (C=O) groups is 1. The number of nitrogens with zero attached hydrogens (tertiary/aromatic N) is 4. The minimum Gasteiger partial charge on any atom is -0.440 e. The summed E-state index contributed by atoms with van der Waals surface area (Å²) >= 11 is 1.40. The highest BCUT2D eigenvalue weighted by Crippen LogP contribution is 2.27. The van der Waals surface area contributed by atoms with E-state index in [1.165, 1.54) is 16.9 Å². The van der Waals surface area contributed by atoms with Crippen molar-refractivity contribution in [2.45, 2.75) is 59.8 Å². The molecule has 0 radical (unpaired) electrons. The molecule has 3 N–H and O–H groups in total. The summed E-state index contributed by atoms with van der Waals surface area (Å²) in [6.07, 6.45) is 3.05. The number of nitrogens with one attached hydrogen (secondary N) is 1. The van der Waals surface area contributed by atoms with Crippen LogP contribution < -0.4 is 5.32 Å². The second-order valence-electron chi connectivity index (χ2n) is 8.90. The molecule has 1 aliphatic rings. The number of fused-ring (bicyclic) bond motifs is 1. The zero-order chi connectivity index (χ0) is 28.2. The fourth-order valence-corrected chi connectivity index (χ4v) is 4.57. The number of hydrogen-bond donors (Lipinski definition) is 3. The van der Waals surface area contributed by atoms with Crippen LogP contribution in [0.2, 0.25) is 0 Å². The van der Waals surface area contributed by atoms with Gasteiger partial charge in [0.05, 0.1) is 33.1 Å². The molecular weight excluding hydrogens is 502 g/mol. The van der Waals surface area contributed by atoms with Crippen molar-refractivity contribution in [3.8, 4) is 10.6 Å². The Labute approximate surface area is 229 Å². The number of hydrogen-bond acceptors (Lipinski definition) is 9. The molecule has 38 heavy (non-hydrogen) atoms. The Hall–Kier alpha value is -3.05. The molecule has 10 heteroatoms. The number of aliphatic hydroxyl groups is 2. The monoisotopic (exact) mass is 543 g/mol. The van der Waals surface area contributed by atoms with Gasteiger partial charge in [-0.05, 0) is 50.1 Å². The van der Waals surface area contributed by atoms with E-state index in [0.29, 0.717) is 10.8 Å². The number of rotatable bonds is 5. The lowest BCUT2D eigenvalue weighted by Crippen LogP contribution is -2.21. The quantitative estimate of drug-likeness (QED) is 0.297. The zero-order valence-corrected chi connectivity index (χ0v) is 24.2. The summed E-state index contributed by atoms with van der Waals surface area (Å²) in [6, 6.07) is 10.0. The molecule has 9 nitrogen and oxygen atoms in total. The summed E-state index contributed by atoms with van der Waals surface area (Å²) in [5, 5.41) is 20.7. The van der Waals surface area contributed by atoms with Crippen LogP contribution in [0.3, 0.4) is 0 Å². The fourth-order valence-electron chi connectivity index (χ4n) is 3.81. The molecule has 1 unspecified atom stereocenters. The van der Waals surface area contributed by atoms with Crippen molar-refractivity contribution in [3.05, 3.63) is 52.9 Å². The molecule has 0 bridgehead atoms. The van der Waals surface area contributed by atoms with Gasteiger partial charge >= 0.3 is 0 Å². The van der Waals surface area contributed by atoms with Gasteiger partial charge in [0.25, 0.3) is 0 Å². The van der Waals surface area contributed by atoms with Crippen molar-refractivity contribution < 1.29 is 19.4 Å². The van der Waals surface area contributed by atoms with Crippen molar-refractivity contribution in [2.75, 3.05) is 25.5 Å². The third kappa shape index (κ3) is 9.05. The van der Waals surface area contributed by atoms with E-state index in [2.05, 4.69) is 43.0 Å². The maximum Gasteiger partial charge on any atom is 0.203 e. The van der Waals surface area contributed by atoms with Crippen LogP contribution in [0.25, 0.3) is 21.7 Å². The first-order valence-corrected chi connectivity index (χ1v) is 13.7. The summed E-state index contributed by atoms with van der Waals surface area (Å²) in [4.78, 5) is 22.9. The summed E-state index contributed by atoms with van der Waals surface area (Å²) in [5.74, 6) is 2.23. The molecule has 1 aliphatic heterocycles. The maximum absolute atomic E-state index is 10.4. The number of imidazole rings is 1. The van der Waals surface area contributed by atoms with Crippen LogP contribution in [0.1, 0.15) is 55.2 Å². The van der Waals surface area contributed by atoms with E-state index in [1.807, 2.05) is 34.0 Å². The molecular formula is C28H41N5O4S. The Morgan fingerprint density at radius 2 is 1.97 bits per heavy atom. The molecule has 1 fully saturated rings. The highest BCUT2D eigenvalue weighted by molar-refractivity contribution is 7.17. The van der Waals surface area contributed by atoms with Crippen LogP contribution in [0.15, 0.2) is 40.9 Å². The summed E-state index contributed by atoms with van der Waals surface area (Å²) in [5.41, 5.74) is 3.40. The van der Waals surface area contributed by atoms with Crippen LogP contribution in [0.4, 0.5) is 5.95 Å². The molecule has 5 rings (SSSR count). The minimum atomic E-state index is -0.167. The number of benzene rings is 1. The number of β-amino-alcohol motifs (C(OH)–C–C–N with tert-alkyl or cyclic N) is 1. The average Bonchev–Trinajstić information content (AvgIpc) is 3.68. The number of aromatic nitrogens is 3. The van der Waals surface area contributed by atoms with Crippen molar-refractivity contribution in [2.24, 2.45) is 7.05 Å². The molecule has 4 heterocycles. The van der Waals surface area contributed by atoms with Crippen molar-refractivity contribution >= 4 is 34.6 Å². The summed E-state index contributed by atoms with van der Waals surface area (Å²) < 4.78 is 7.37. The maximum atomic E-state index is 10.4. The van der Waals surface area contributed by atoms with E-state index >= 15 is 0 Å². The van der Waals surface area contributed by atoms with E-state index < -0.39 is 0 Å². The molecule has 0 aliphatic carbocycles. The number of aldehydes is 1. The van der Waals surface area contributed by atoms with Crippen LogP contribution in [0.5, 0.6) is 0 Å². The number of anilines is 1. The fraction of sp³-hybridized carbons (Fsp3) is 0.464. The second-order valence-corrected chi connectivity index (χ2v) is 10.0. The Morgan fingerprint density at radius 3 is 2.50 bits per heavy atom. The van der Waals surface area contributed by atoms with Gasteiger partial charge in [0.1, 0.15) is 0 Å². The summed E-state index contributed by atoms with van der Waals surface area (Å²) in [6.45, 7) is 11.9. The van der Waals surface area contributed by atoms with E-state index in [1.54, 1.807) is 33.0 Å². The first-order valence-electron chi connectivity index (χ1n) is 12.9. The first-order chi connectivity index (χ1) is 18.2. The highest BCUT2D eigenvalue weighted by Gasteiger charge is 2.20. The standard InChI is InChI=1S/C14H20N4O.C9H7NO2S.C3H8O.C2H6/c1-15-14-16-12-7-10(3-4-13(12)17(14)2)8-18-6-5-11(19)9-18;1-6-10-4-8(12-6)9-3-2-7(5-11)13-9;1-3(2)4;1-2/h3-4,7,11,19H,5-6,8-9H2,1-2H3,(H,15,16);2-5H,1H3;3-4H,1-2H3;1-2H3. The molecule has 1 aromatic carbocycles. The zero-order valence-electron chi connectivity index (χ0n) is 23.4. The van der Waals surface area contributed by atoms with Gasteiger partial charge in [-0.25, -0.2) is 9.97 Å². The molecule has 0 spiro atoms. The lowest BCUT2D eigenvalue weighted by Gasteiger charge is -2.14. The lowest BCUT2D eigenvalue weighted by atomic mass is 10.2. The van der Waals surface area contributed by atoms with E-state index in [9.17, 15) is 9.90 Å². The predicted octanol–water partition coefficient (Wildman–Crippen LogP) is 5.12. The van der Waals surface area contributed by atoms with Gasteiger partial charge in [0.2, 0.25) is 5.95 Å². The number of likely N-dealkylation sites (tertiary alicyclic amines) is 1. The number of thiophene rings is 1. The van der Waals surface area contributed by atoms with Crippen LogP contribution in [-0.2, 0) is 13.6 Å². The SMILES string of the molecule is CC.CC(C)O.CNc1nc2cc(CN3CCC(O)C3)ccc2n1C.Cc1ncc(-c2ccc(C=O)s2)o1. The van der Waals surface area contributed by atoms with Crippen LogP contribution in [-0.4, -0.2) is 68.3 Å². The number of aryl methyl sites for hydroxylation is 2. The Kier molecular flexibility index (Phi) is 12.6. The molecule has 3 aromatic heterocycles. The van der Waals surface area contributed by atoms with Gasteiger partial charge in [-0.2, -0.15) is 0 Å². The van der Waals surface area contributed by atoms with Crippen molar-refractivity contribution in [1.29, 1.82) is 0 Å². The topological polar surface area (TPSA) is 117 Å². The molecule has 4 aromatic rings. The Bertz CT molecular complexity index is 1260. The smallest absolute Gasteiger partial charge is 0.203 e. The van der Waals surface area contributed by atoms with E-state index in [0.717, 1.165) is 60.0 Å². The van der Waals surface area contributed by atoms with Gasteiger partial charge in [0.15, 0.2) is 17.9 Å². The molecule has 208 valence electrons. The van der Waals surface area contributed by atoms with Gasteiger partial charge < -0.3 is 24.5 Å². The predicted molar refractivity (Wildman–Crippen MR) is 155 cm³/mol. The van der Waals surface area contributed by atoms with Crippen molar-refractivity contribution in [1.82, 2.24) is 19.4 Å². The third-order valence-corrected chi connectivity index (χ3v) is 6.45. The van der Waals surface area contributed by atoms with E-state index in [-0.39, 0.29) is 12.2 Å². The molecule has 0 saturated carbocycles. The lowest BCUT2D eigenvalue weighted by molar-refractivity contribution is 0.112. The van der Waals surface area contributed by atoms with Crippen LogP contribution in [0, 0.1) is 6.92 Å².